The number of amides is 2. The van der Waals surface area contributed by atoms with Crippen LogP contribution in [0, 0.1) is 5.82 Å². The van der Waals surface area contributed by atoms with Crippen molar-refractivity contribution in [3.8, 4) is 0 Å². The number of nitrogens with two attached hydrogens (primary N) is 2. The summed E-state index contributed by atoms with van der Waals surface area (Å²) in [5.74, 6) is -3.87. The standard InChI is InChI=1S/C32H38ClFN4O4/c1-3-10-38(11-4-2)31(40)22-15-25(30(36)39)29(26(16-22)32(41)42)27(19-37-18-20-8-6-5-7-9-20)28(35)14-21-12-23(33)17-24(34)13-21/h5-9,12-13,15-17,27-28,37H,3-4,10-11,14,18-19,35H2,1-2H3,(H2,36,39)(H,41,42)/t27-,28+/m1/s1. The zero-order valence-corrected chi connectivity index (χ0v) is 24.7. The monoisotopic (exact) mass is 596 g/mol. The lowest BCUT2D eigenvalue weighted by atomic mass is 9.81. The van der Waals surface area contributed by atoms with E-state index in [1.807, 2.05) is 44.2 Å². The highest BCUT2D eigenvalue weighted by Gasteiger charge is 2.31. The van der Waals surface area contributed by atoms with Gasteiger partial charge < -0.3 is 26.8 Å². The number of benzene rings is 3. The van der Waals surface area contributed by atoms with E-state index in [1.54, 1.807) is 11.0 Å². The van der Waals surface area contributed by atoms with Gasteiger partial charge in [-0.05, 0) is 66.3 Å². The maximum absolute atomic E-state index is 14.1. The molecule has 0 heterocycles. The van der Waals surface area contributed by atoms with Gasteiger partial charge >= 0.3 is 5.97 Å². The minimum atomic E-state index is -1.33. The van der Waals surface area contributed by atoms with E-state index in [1.165, 1.54) is 24.3 Å². The number of primary amides is 1. The van der Waals surface area contributed by atoms with Crippen LogP contribution in [0.25, 0.3) is 0 Å². The number of nitrogens with one attached hydrogen (secondary N) is 1. The molecule has 3 aromatic carbocycles. The van der Waals surface area contributed by atoms with E-state index in [9.17, 15) is 23.9 Å². The highest BCUT2D eigenvalue weighted by atomic mass is 35.5. The van der Waals surface area contributed by atoms with Gasteiger partial charge in [-0.25, -0.2) is 9.18 Å². The number of halogens is 2. The van der Waals surface area contributed by atoms with Crippen molar-refractivity contribution in [3.05, 3.63) is 105 Å². The number of carboxylic acids is 1. The Kier molecular flexibility index (Phi) is 12.0. The van der Waals surface area contributed by atoms with E-state index in [0.717, 1.165) is 5.56 Å². The first-order valence-electron chi connectivity index (χ1n) is 14.0. The van der Waals surface area contributed by atoms with Crippen molar-refractivity contribution in [3.63, 3.8) is 0 Å². The number of aromatic carboxylic acids is 1. The zero-order chi connectivity index (χ0) is 30.8. The molecule has 0 spiro atoms. The molecule has 2 atom stereocenters. The molecule has 224 valence electrons. The molecular formula is C32H38ClFN4O4. The smallest absolute Gasteiger partial charge is 0.336 e. The largest absolute Gasteiger partial charge is 0.478 e. The summed E-state index contributed by atoms with van der Waals surface area (Å²) in [4.78, 5) is 40.5. The van der Waals surface area contributed by atoms with E-state index in [-0.39, 0.29) is 46.1 Å². The Labute approximate surface area is 250 Å². The molecule has 10 heteroatoms. The van der Waals surface area contributed by atoms with Crippen LogP contribution in [0.2, 0.25) is 5.02 Å². The average Bonchev–Trinajstić information content (AvgIpc) is 2.94. The highest BCUT2D eigenvalue weighted by molar-refractivity contribution is 6.30. The first kappa shape index (κ1) is 32.7. The molecule has 3 aromatic rings. The Hall–Kier alpha value is -3.79. The Bertz CT molecular complexity index is 1340. The predicted octanol–water partition coefficient (Wildman–Crippen LogP) is 4.98. The van der Waals surface area contributed by atoms with Gasteiger partial charge in [-0.2, -0.15) is 0 Å². The van der Waals surface area contributed by atoms with Crippen LogP contribution in [0.15, 0.2) is 60.7 Å². The Balaban J connectivity index is 2.11. The third kappa shape index (κ3) is 8.61. The molecule has 3 rings (SSSR count). The number of hydrogen-bond donors (Lipinski definition) is 4. The van der Waals surface area contributed by atoms with Crippen LogP contribution in [-0.2, 0) is 13.0 Å². The number of carbonyl (C=O) groups excluding carboxylic acids is 2. The molecule has 6 N–H and O–H groups in total. The first-order valence-corrected chi connectivity index (χ1v) is 14.4. The van der Waals surface area contributed by atoms with Crippen molar-refractivity contribution >= 4 is 29.4 Å². The number of nitrogens with zero attached hydrogens (tertiary/aromatic N) is 1. The number of hydrogen-bond acceptors (Lipinski definition) is 5. The highest BCUT2D eigenvalue weighted by Crippen LogP contribution is 2.31. The molecule has 8 nitrogen and oxygen atoms in total. The number of carbonyl (C=O) groups is 3. The summed E-state index contributed by atoms with van der Waals surface area (Å²) in [6.45, 7) is 5.47. The third-order valence-corrected chi connectivity index (χ3v) is 7.23. The normalized spacial score (nSPS) is 12.5. The van der Waals surface area contributed by atoms with Gasteiger partial charge in [0.2, 0.25) is 5.91 Å². The van der Waals surface area contributed by atoms with E-state index < -0.39 is 29.7 Å². The second kappa shape index (κ2) is 15.4. The minimum Gasteiger partial charge on any atom is -0.478 e. The van der Waals surface area contributed by atoms with Gasteiger partial charge in [-0.15, -0.1) is 0 Å². The second-order valence-corrected chi connectivity index (χ2v) is 10.8. The summed E-state index contributed by atoms with van der Waals surface area (Å²) < 4.78 is 14.1. The Morgan fingerprint density at radius 2 is 1.62 bits per heavy atom. The lowest BCUT2D eigenvalue weighted by Gasteiger charge is -2.29. The van der Waals surface area contributed by atoms with E-state index in [4.69, 9.17) is 23.1 Å². The lowest BCUT2D eigenvalue weighted by molar-refractivity contribution is 0.0695. The molecule has 42 heavy (non-hydrogen) atoms. The van der Waals surface area contributed by atoms with Crippen molar-refractivity contribution in [2.75, 3.05) is 19.6 Å². The van der Waals surface area contributed by atoms with E-state index >= 15 is 0 Å². The lowest BCUT2D eigenvalue weighted by Crippen LogP contribution is -2.39. The molecule has 0 aliphatic heterocycles. The van der Waals surface area contributed by atoms with Crippen LogP contribution in [0.3, 0.4) is 0 Å². The molecule has 0 saturated carbocycles. The van der Waals surface area contributed by atoms with Gasteiger partial charge in [0.15, 0.2) is 0 Å². The summed E-state index contributed by atoms with van der Waals surface area (Å²) in [6, 6.07) is 15.5. The van der Waals surface area contributed by atoms with Gasteiger partial charge in [0.25, 0.3) is 5.91 Å². The Morgan fingerprint density at radius 1 is 0.976 bits per heavy atom. The van der Waals surface area contributed by atoms with Gasteiger partial charge in [-0.3, -0.25) is 9.59 Å². The van der Waals surface area contributed by atoms with Gasteiger partial charge in [0.1, 0.15) is 5.82 Å². The molecule has 0 radical (unpaired) electrons. The molecular weight excluding hydrogens is 559 g/mol. The topological polar surface area (TPSA) is 139 Å². The second-order valence-electron chi connectivity index (χ2n) is 10.3. The quantitative estimate of drug-likeness (QED) is 0.195. The van der Waals surface area contributed by atoms with Crippen LogP contribution in [0.5, 0.6) is 0 Å². The molecule has 0 aliphatic carbocycles. The summed E-state index contributed by atoms with van der Waals surface area (Å²) >= 11 is 6.06. The summed E-state index contributed by atoms with van der Waals surface area (Å²) in [6.07, 6.45) is 1.56. The van der Waals surface area contributed by atoms with Gasteiger partial charge in [-0.1, -0.05) is 55.8 Å². The molecule has 0 aliphatic rings. The summed E-state index contributed by atoms with van der Waals surface area (Å²) in [5.41, 5.74) is 13.9. The number of carboxylic acid groups (broad SMARTS) is 1. The fraction of sp³-hybridized carbons (Fsp3) is 0.344. The van der Waals surface area contributed by atoms with Crippen LogP contribution in [0.1, 0.15) is 80.4 Å². The van der Waals surface area contributed by atoms with Crippen molar-refractivity contribution in [2.45, 2.75) is 51.6 Å². The third-order valence-electron chi connectivity index (χ3n) is 7.01. The average molecular weight is 597 g/mol. The van der Waals surface area contributed by atoms with Crippen molar-refractivity contribution in [1.29, 1.82) is 0 Å². The zero-order valence-electron chi connectivity index (χ0n) is 23.9. The van der Waals surface area contributed by atoms with Crippen molar-refractivity contribution in [1.82, 2.24) is 10.2 Å². The molecule has 2 amide bonds. The van der Waals surface area contributed by atoms with Gasteiger partial charge in [0, 0.05) is 54.3 Å². The van der Waals surface area contributed by atoms with Crippen LogP contribution in [0.4, 0.5) is 4.39 Å². The minimum absolute atomic E-state index is 0.0633. The van der Waals surface area contributed by atoms with Crippen LogP contribution < -0.4 is 16.8 Å². The summed E-state index contributed by atoms with van der Waals surface area (Å²) in [5, 5.41) is 13.8. The van der Waals surface area contributed by atoms with E-state index in [2.05, 4.69) is 5.32 Å². The van der Waals surface area contributed by atoms with Crippen LogP contribution >= 0.6 is 11.6 Å². The predicted molar refractivity (Wildman–Crippen MR) is 162 cm³/mol. The Morgan fingerprint density at radius 3 is 2.19 bits per heavy atom. The fourth-order valence-electron chi connectivity index (χ4n) is 5.17. The summed E-state index contributed by atoms with van der Waals surface area (Å²) in [7, 11) is 0. The molecule has 0 aromatic heterocycles. The molecule has 0 fully saturated rings. The molecule has 0 bridgehead atoms. The SMILES string of the molecule is CCCN(CCC)C(=O)c1cc(C(N)=O)c([C@H](CNCc2ccccc2)[C@@H](N)Cc2cc(F)cc(Cl)c2)c(C(=O)O)c1. The molecule has 0 saturated heterocycles. The van der Waals surface area contributed by atoms with Crippen molar-refractivity contribution in [2.24, 2.45) is 11.5 Å². The number of rotatable bonds is 15. The molecule has 0 unspecified atom stereocenters. The maximum atomic E-state index is 14.1. The van der Waals surface area contributed by atoms with Gasteiger partial charge in [0.05, 0.1) is 5.56 Å². The van der Waals surface area contributed by atoms with Crippen LogP contribution in [-0.4, -0.2) is 53.5 Å². The first-order chi connectivity index (χ1) is 20.0. The fourth-order valence-corrected chi connectivity index (χ4v) is 5.42. The maximum Gasteiger partial charge on any atom is 0.336 e. The van der Waals surface area contributed by atoms with E-state index in [0.29, 0.717) is 38.0 Å². The van der Waals surface area contributed by atoms with Crippen molar-refractivity contribution < 1.29 is 23.9 Å².